The molecular formula is C18H21F3N2O. The molecule has 3 rings (SSSR count). The minimum atomic E-state index is -4.16. The lowest BCUT2D eigenvalue weighted by Crippen LogP contribution is -2.41. The third kappa shape index (κ3) is 3.91. The summed E-state index contributed by atoms with van der Waals surface area (Å²) in [6.07, 6.45) is -0.646. The lowest BCUT2D eigenvalue weighted by Gasteiger charge is -2.31. The number of carbonyl (C=O) groups excluding carboxylic acids is 1. The van der Waals surface area contributed by atoms with Crippen molar-refractivity contribution in [2.75, 3.05) is 0 Å². The first-order valence-electron chi connectivity index (χ1n) is 8.33. The lowest BCUT2D eigenvalue weighted by molar-refractivity contribution is -0.184. The largest absolute Gasteiger partial charge is 0.391 e. The van der Waals surface area contributed by atoms with Gasteiger partial charge in [0.2, 0.25) is 5.91 Å². The predicted molar refractivity (Wildman–Crippen MR) is 86.5 cm³/mol. The molecule has 3 nitrogen and oxygen atoms in total. The first-order valence-corrected chi connectivity index (χ1v) is 8.33. The van der Waals surface area contributed by atoms with E-state index < -0.39 is 12.1 Å². The van der Waals surface area contributed by atoms with Crippen molar-refractivity contribution in [2.45, 2.75) is 50.9 Å². The maximum Gasteiger partial charge on any atom is 0.391 e. The predicted octanol–water partition coefficient (Wildman–Crippen LogP) is 4.27. The van der Waals surface area contributed by atoms with Gasteiger partial charge in [-0.25, -0.2) is 0 Å². The number of aromatic nitrogens is 1. The average molecular weight is 338 g/mol. The number of carbonyl (C=O) groups is 1. The smallest absolute Gasteiger partial charge is 0.353 e. The number of hydrogen-bond acceptors (Lipinski definition) is 1. The molecule has 2 atom stereocenters. The molecule has 24 heavy (non-hydrogen) atoms. The van der Waals surface area contributed by atoms with Crippen LogP contribution in [0, 0.1) is 5.92 Å². The van der Waals surface area contributed by atoms with Gasteiger partial charge in [0.25, 0.3) is 0 Å². The zero-order valence-corrected chi connectivity index (χ0v) is 13.4. The number of benzene rings is 1. The van der Waals surface area contributed by atoms with Gasteiger partial charge < -0.3 is 9.88 Å². The van der Waals surface area contributed by atoms with Gasteiger partial charge in [-0.1, -0.05) is 24.6 Å². The number of para-hydroxylation sites is 1. The minimum absolute atomic E-state index is 0.00168. The zero-order valence-electron chi connectivity index (χ0n) is 13.4. The van der Waals surface area contributed by atoms with Crippen molar-refractivity contribution in [3.63, 3.8) is 0 Å². The summed E-state index contributed by atoms with van der Waals surface area (Å²) in [5.41, 5.74) is 1.06. The summed E-state index contributed by atoms with van der Waals surface area (Å²) in [7, 11) is 0. The first-order chi connectivity index (χ1) is 11.4. The van der Waals surface area contributed by atoms with Crippen LogP contribution in [0.25, 0.3) is 10.9 Å². The molecule has 1 amide bonds. The molecule has 0 bridgehead atoms. The van der Waals surface area contributed by atoms with Crippen molar-refractivity contribution in [1.29, 1.82) is 0 Å². The number of aryl methyl sites for hydroxylation is 1. The highest BCUT2D eigenvalue weighted by Crippen LogP contribution is 2.37. The Morgan fingerprint density at radius 2 is 2.00 bits per heavy atom. The van der Waals surface area contributed by atoms with Crippen molar-refractivity contribution >= 4 is 16.8 Å². The number of amides is 1. The van der Waals surface area contributed by atoms with Crippen molar-refractivity contribution < 1.29 is 18.0 Å². The van der Waals surface area contributed by atoms with E-state index in [-0.39, 0.29) is 31.2 Å². The highest BCUT2D eigenvalue weighted by Gasteiger charge is 2.42. The molecule has 1 fully saturated rings. The molecule has 0 aliphatic heterocycles. The Bertz CT molecular complexity index is 708. The molecule has 6 heteroatoms. The SMILES string of the molecule is O=C(CCn1ccc2ccccc21)N[C@@H]1CCC[C@H](C(F)(F)F)C1. The molecule has 1 aromatic carbocycles. The number of hydrogen-bond donors (Lipinski definition) is 1. The monoisotopic (exact) mass is 338 g/mol. The Kier molecular flexibility index (Phi) is 4.83. The second-order valence-corrected chi connectivity index (χ2v) is 6.49. The number of halogens is 3. The molecular weight excluding hydrogens is 317 g/mol. The number of fused-ring (bicyclic) bond motifs is 1. The van der Waals surface area contributed by atoms with E-state index in [9.17, 15) is 18.0 Å². The van der Waals surface area contributed by atoms with E-state index >= 15 is 0 Å². The molecule has 0 spiro atoms. The van der Waals surface area contributed by atoms with Crippen LogP contribution in [-0.2, 0) is 11.3 Å². The van der Waals surface area contributed by atoms with E-state index in [1.807, 2.05) is 41.1 Å². The topological polar surface area (TPSA) is 34.0 Å². The minimum Gasteiger partial charge on any atom is -0.353 e. The van der Waals surface area contributed by atoms with Crippen LogP contribution in [0.15, 0.2) is 36.5 Å². The van der Waals surface area contributed by atoms with Crippen LogP contribution in [-0.4, -0.2) is 22.7 Å². The highest BCUT2D eigenvalue weighted by molar-refractivity contribution is 5.80. The Labute approximate surface area is 138 Å². The fourth-order valence-electron chi connectivity index (χ4n) is 3.48. The molecule has 1 saturated carbocycles. The quantitative estimate of drug-likeness (QED) is 0.887. The van der Waals surface area contributed by atoms with Crippen molar-refractivity contribution in [2.24, 2.45) is 5.92 Å². The average Bonchev–Trinajstić information content (AvgIpc) is 2.96. The summed E-state index contributed by atoms with van der Waals surface area (Å²) in [5.74, 6) is -1.47. The van der Waals surface area contributed by atoms with E-state index in [1.165, 1.54) is 0 Å². The van der Waals surface area contributed by atoms with Crippen molar-refractivity contribution in [3.8, 4) is 0 Å². The molecule has 1 heterocycles. The second-order valence-electron chi connectivity index (χ2n) is 6.49. The van der Waals surface area contributed by atoms with Crippen LogP contribution in [0.3, 0.4) is 0 Å². The van der Waals surface area contributed by atoms with Crippen LogP contribution >= 0.6 is 0 Å². The van der Waals surface area contributed by atoms with Crippen LogP contribution in [0.2, 0.25) is 0 Å². The molecule has 1 N–H and O–H groups in total. The van der Waals surface area contributed by atoms with Gasteiger partial charge in [0, 0.05) is 30.7 Å². The third-order valence-electron chi connectivity index (χ3n) is 4.76. The molecule has 0 radical (unpaired) electrons. The number of rotatable bonds is 4. The summed E-state index contributed by atoms with van der Waals surface area (Å²) in [6.45, 7) is 0.523. The molecule has 1 aliphatic carbocycles. The van der Waals surface area contributed by atoms with Gasteiger partial charge in [0.05, 0.1) is 5.92 Å². The Balaban J connectivity index is 1.52. The molecule has 2 aromatic rings. The fourth-order valence-corrected chi connectivity index (χ4v) is 3.48. The molecule has 1 aromatic heterocycles. The van der Waals surface area contributed by atoms with Gasteiger partial charge >= 0.3 is 6.18 Å². The molecule has 130 valence electrons. The van der Waals surface area contributed by atoms with Gasteiger partial charge in [0.1, 0.15) is 0 Å². The van der Waals surface area contributed by atoms with Gasteiger partial charge in [-0.05, 0) is 36.8 Å². The number of nitrogens with one attached hydrogen (secondary N) is 1. The maximum atomic E-state index is 12.8. The van der Waals surface area contributed by atoms with E-state index in [1.54, 1.807) is 0 Å². The molecule has 1 aliphatic rings. The van der Waals surface area contributed by atoms with Gasteiger partial charge in [-0.3, -0.25) is 4.79 Å². The summed E-state index contributed by atoms with van der Waals surface area (Å²) in [6, 6.07) is 9.52. The van der Waals surface area contributed by atoms with Crippen LogP contribution < -0.4 is 5.32 Å². The molecule has 0 unspecified atom stereocenters. The summed E-state index contributed by atoms with van der Waals surface area (Å²) < 4.78 is 40.4. The molecule has 0 saturated heterocycles. The number of nitrogens with zero attached hydrogens (tertiary/aromatic N) is 1. The summed E-state index contributed by atoms with van der Waals surface area (Å²) >= 11 is 0. The summed E-state index contributed by atoms with van der Waals surface area (Å²) in [4.78, 5) is 12.1. The Hall–Kier alpha value is -1.98. The highest BCUT2D eigenvalue weighted by atomic mass is 19.4. The Morgan fingerprint density at radius 1 is 1.21 bits per heavy atom. The second kappa shape index (κ2) is 6.87. The van der Waals surface area contributed by atoms with E-state index in [4.69, 9.17) is 0 Å². The normalized spacial score (nSPS) is 21.8. The van der Waals surface area contributed by atoms with Gasteiger partial charge in [0.15, 0.2) is 0 Å². The van der Waals surface area contributed by atoms with Crippen LogP contribution in [0.4, 0.5) is 13.2 Å². The van der Waals surface area contributed by atoms with Gasteiger partial charge in [-0.2, -0.15) is 13.2 Å². The first kappa shape index (κ1) is 16.9. The standard InChI is InChI=1S/C18H21F3N2O/c19-18(20,21)14-5-3-6-15(12-14)22-17(24)9-11-23-10-8-13-4-1-2-7-16(13)23/h1-2,4,7-8,10,14-15H,3,5-6,9,11-12H2,(H,22,24)/t14-,15+/m0/s1. The Morgan fingerprint density at radius 3 is 2.79 bits per heavy atom. The lowest BCUT2D eigenvalue weighted by atomic mass is 9.85. The van der Waals surface area contributed by atoms with E-state index in [0.717, 1.165) is 10.9 Å². The van der Waals surface area contributed by atoms with E-state index in [2.05, 4.69) is 5.32 Å². The van der Waals surface area contributed by atoms with Crippen molar-refractivity contribution in [1.82, 2.24) is 9.88 Å². The fraction of sp³-hybridized carbons (Fsp3) is 0.500. The van der Waals surface area contributed by atoms with Gasteiger partial charge in [-0.15, -0.1) is 0 Å². The maximum absolute atomic E-state index is 12.8. The number of alkyl halides is 3. The van der Waals surface area contributed by atoms with Crippen LogP contribution in [0.1, 0.15) is 32.1 Å². The van der Waals surface area contributed by atoms with E-state index in [0.29, 0.717) is 19.4 Å². The van der Waals surface area contributed by atoms with Crippen molar-refractivity contribution in [3.05, 3.63) is 36.5 Å². The zero-order chi connectivity index (χ0) is 17.2. The third-order valence-corrected chi connectivity index (χ3v) is 4.76. The van der Waals surface area contributed by atoms with Crippen LogP contribution in [0.5, 0.6) is 0 Å². The summed E-state index contributed by atoms with van der Waals surface area (Å²) in [5, 5.41) is 3.89.